The van der Waals surface area contributed by atoms with Gasteiger partial charge in [-0.05, 0) is 54.6 Å². The average Bonchev–Trinajstić information content (AvgIpc) is 3.14. The quantitative estimate of drug-likeness (QED) is 0.277. The minimum absolute atomic E-state index is 0.0553. The zero-order chi connectivity index (χ0) is 24.4. The van der Waals surface area contributed by atoms with Gasteiger partial charge >= 0.3 is 11.8 Å². The molecule has 0 bridgehead atoms. The maximum Gasteiger partial charge on any atom is 0.328 e. The SMILES string of the molecule is O=C(Nc1ccc(Br)cc1F)C(=O)Nn1c(C(=O)Nc2ccccc2F)cc2cc(Br)ccc21. The largest absolute Gasteiger partial charge is 0.328 e. The van der Waals surface area contributed by atoms with Crippen molar-refractivity contribution in [1.82, 2.24) is 4.68 Å². The van der Waals surface area contributed by atoms with Crippen LogP contribution in [0.1, 0.15) is 10.5 Å². The van der Waals surface area contributed by atoms with Crippen molar-refractivity contribution >= 4 is 71.9 Å². The van der Waals surface area contributed by atoms with Crippen LogP contribution in [-0.4, -0.2) is 22.4 Å². The summed E-state index contributed by atoms with van der Waals surface area (Å²) in [7, 11) is 0. The molecule has 0 aliphatic heterocycles. The van der Waals surface area contributed by atoms with Gasteiger partial charge in [-0.1, -0.05) is 44.0 Å². The zero-order valence-electron chi connectivity index (χ0n) is 17.0. The van der Waals surface area contributed by atoms with E-state index in [0.717, 1.165) is 10.7 Å². The number of rotatable bonds is 4. The van der Waals surface area contributed by atoms with Gasteiger partial charge in [0, 0.05) is 14.3 Å². The molecule has 4 rings (SSSR count). The van der Waals surface area contributed by atoms with E-state index in [1.54, 1.807) is 24.3 Å². The Balaban J connectivity index is 1.64. The number of hydrogen-bond acceptors (Lipinski definition) is 3. The molecular weight excluding hydrogens is 578 g/mol. The summed E-state index contributed by atoms with van der Waals surface area (Å²) < 4.78 is 30.3. The average molecular weight is 592 g/mol. The van der Waals surface area contributed by atoms with Gasteiger partial charge in [-0.15, -0.1) is 0 Å². The molecule has 0 aliphatic carbocycles. The zero-order valence-corrected chi connectivity index (χ0v) is 20.2. The molecule has 172 valence electrons. The van der Waals surface area contributed by atoms with Gasteiger partial charge in [0.2, 0.25) is 0 Å². The number of anilines is 2. The Morgan fingerprint density at radius 1 is 0.735 bits per heavy atom. The lowest BCUT2D eigenvalue weighted by atomic mass is 10.2. The molecule has 0 aliphatic rings. The molecule has 0 spiro atoms. The van der Waals surface area contributed by atoms with Crippen molar-refractivity contribution in [2.24, 2.45) is 0 Å². The number of fused-ring (bicyclic) bond motifs is 1. The molecule has 0 saturated heterocycles. The van der Waals surface area contributed by atoms with Crippen molar-refractivity contribution in [3.05, 3.63) is 93.0 Å². The highest BCUT2D eigenvalue weighted by Crippen LogP contribution is 2.24. The monoisotopic (exact) mass is 590 g/mol. The third kappa shape index (κ3) is 5.00. The van der Waals surface area contributed by atoms with Gasteiger partial charge in [-0.3, -0.25) is 19.8 Å². The highest BCUT2D eigenvalue weighted by Gasteiger charge is 2.22. The van der Waals surface area contributed by atoms with Crippen LogP contribution in [-0.2, 0) is 9.59 Å². The lowest BCUT2D eigenvalue weighted by molar-refractivity contribution is -0.133. The predicted molar refractivity (Wildman–Crippen MR) is 131 cm³/mol. The van der Waals surface area contributed by atoms with Crippen LogP contribution in [0.4, 0.5) is 20.2 Å². The summed E-state index contributed by atoms with van der Waals surface area (Å²) in [5.41, 5.74) is 2.44. The number of carbonyl (C=O) groups is 3. The number of carbonyl (C=O) groups excluding carboxylic acids is 3. The maximum atomic E-state index is 14.0. The summed E-state index contributed by atoms with van der Waals surface area (Å²) in [4.78, 5) is 38.0. The minimum atomic E-state index is -1.15. The molecule has 1 aromatic heterocycles. The fraction of sp³-hybridized carbons (Fsp3) is 0. The number of hydrogen-bond donors (Lipinski definition) is 3. The van der Waals surface area contributed by atoms with Gasteiger partial charge < -0.3 is 10.6 Å². The van der Waals surface area contributed by atoms with Crippen molar-refractivity contribution in [3.8, 4) is 0 Å². The first kappa shape index (κ1) is 23.6. The second kappa shape index (κ2) is 9.74. The van der Waals surface area contributed by atoms with Crippen molar-refractivity contribution < 1.29 is 23.2 Å². The van der Waals surface area contributed by atoms with Crippen LogP contribution in [0.3, 0.4) is 0 Å². The second-order valence-electron chi connectivity index (χ2n) is 7.02. The van der Waals surface area contributed by atoms with Gasteiger partial charge in [0.1, 0.15) is 17.3 Å². The molecule has 34 heavy (non-hydrogen) atoms. The molecule has 0 radical (unpaired) electrons. The van der Waals surface area contributed by atoms with Gasteiger partial charge in [-0.2, -0.15) is 0 Å². The Morgan fingerprint density at radius 3 is 2.15 bits per heavy atom. The van der Waals surface area contributed by atoms with Crippen molar-refractivity contribution in [1.29, 1.82) is 0 Å². The van der Waals surface area contributed by atoms with E-state index in [1.807, 2.05) is 0 Å². The summed E-state index contributed by atoms with van der Waals surface area (Å²) in [5.74, 6) is -4.40. The van der Waals surface area contributed by atoms with Gasteiger partial charge in [-0.25, -0.2) is 13.5 Å². The van der Waals surface area contributed by atoms with E-state index < -0.39 is 29.4 Å². The van der Waals surface area contributed by atoms with E-state index in [4.69, 9.17) is 0 Å². The maximum absolute atomic E-state index is 14.0. The van der Waals surface area contributed by atoms with Crippen molar-refractivity contribution in [3.63, 3.8) is 0 Å². The standard InChI is InChI=1S/C23H14Br2F2N4O3/c24-13-6-8-19-12(9-13)10-20(21(32)28-17-4-2-1-3-15(17)26)31(19)30-23(34)22(33)29-18-7-5-14(25)11-16(18)27/h1-11H,(H,28,32)(H,29,33)(H,30,34). The number of halogens is 4. The molecule has 1 heterocycles. The van der Waals surface area contributed by atoms with Gasteiger partial charge in [0.25, 0.3) is 5.91 Å². The topological polar surface area (TPSA) is 92.2 Å². The number of nitrogens with zero attached hydrogens (tertiary/aromatic N) is 1. The van der Waals surface area contributed by atoms with E-state index in [2.05, 4.69) is 47.9 Å². The fourth-order valence-electron chi connectivity index (χ4n) is 3.14. The minimum Gasteiger partial charge on any atom is -0.318 e. The fourth-order valence-corrected chi connectivity index (χ4v) is 3.86. The Morgan fingerprint density at radius 2 is 1.41 bits per heavy atom. The predicted octanol–water partition coefficient (Wildman–Crippen LogP) is 5.41. The van der Waals surface area contributed by atoms with Crippen molar-refractivity contribution in [2.75, 3.05) is 16.1 Å². The van der Waals surface area contributed by atoms with Crippen LogP contribution in [0.25, 0.3) is 10.9 Å². The highest BCUT2D eigenvalue weighted by molar-refractivity contribution is 9.10. The van der Waals surface area contributed by atoms with Crippen LogP contribution in [0.15, 0.2) is 75.7 Å². The first-order valence-electron chi connectivity index (χ1n) is 9.67. The molecule has 0 saturated carbocycles. The summed E-state index contributed by atoms with van der Waals surface area (Å²) in [6, 6.07) is 16.0. The normalized spacial score (nSPS) is 10.7. The number of aromatic nitrogens is 1. The molecule has 0 unspecified atom stereocenters. The number of benzene rings is 3. The molecule has 0 fully saturated rings. The van der Waals surface area contributed by atoms with E-state index in [0.29, 0.717) is 19.8 Å². The molecule has 7 nitrogen and oxygen atoms in total. The van der Waals surface area contributed by atoms with Crippen LogP contribution in [0, 0.1) is 11.6 Å². The molecule has 3 aromatic carbocycles. The Labute approximate surface area is 208 Å². The van der Waals surface area contributed by atoms with Gasteiger partial charge in [0.15, 0.2) is 0 Å². The van der Waals surface area contributed by atoms with E-state index >= 15 is 0 Å². The molecule has 0 atom stereocenters. The lowest BCUT2D eigenvalue weighted by Gasteiger charge is -2.13. The Kier molecular flexibility index (Phi) is 6.75. The number of para-hydroxylation sites is 1. The first-order valence-corrected chi connectivity index (χ1v) is 11.3. The van der Waals surface area contributed by atoms with E-state index in [1.165, 1.54) is 36.4 Å². The smallest absolute Gasteiger partial charge is 0.318 e. The summed E-state index contributed by atoms with van der Waals surface area (Å²) in [5, 5.41) is 5.19. The van der Waals surface area contributed by atoms with Crippen LogP contribution >= 0.6 is 31.9 Å². The number of amides is 3. The Bertz CT molecular complexity index is 1460. The third-order valence-electron chi connectivity index (χ3n) is 4.72. The summed E-state index contributed by atoms with van der Waals surface area (Å²) in [6.07, 6.45) is 0. The van der Waals surface area contributed by atoms with Crippen LogP contribution < -0.4 is 16.1 Å². The molecule has 3 amide bonds. The molecule has 4 aromatic rings. The van der Waals surface area contributed by atoms with Crippen molar-refractivity contribution in [2.45, 2.75) is 0 Å². The lowest BCUT2D eigenvalue weighted by Crippen LogP contribution is -2.36. The summed E-state index contributed by atoms with van der Waals surface area (Å²) in [6.45, 7) is 0. The van der Waals surface area contributed by atoms with E-state index in [-0.39, 0.29) is 17.1 Å². The number of nitrogens with one attached hydrogen (secondary N) is 3. The Hall–Kier alpha value is -3.57. The van der Waals surface area contributed by atoms with Gasteiger partial charge in [0.05, 0.1) is 16.9 Å². The van der Waals surface area contributed by atoms with Crippen LogP contribution in [0.5, 0.6) is 0 Å². The summed E-state index contributed by atoms with van der Waals surface area (Å²) >= 11 is 6.45. The third-order valence-corrected chi connectivity index (χ3v) is 5.70. The second-order valence-corrected chi connectivity index (χ2v) is 8.85. The molecular formula is C23H14Br2F2N4O3. The van der Waals surface area contributed by atoms with Crippen LogP contribution in [0.2, 0.25) is 0 Å². The van der Waals surface area contributed by atoms with E-state index in [9.17, 15) is 23.2 Å². The molecule has 11 heteroatoms. The first-order chi connectivity index (χ1) is 16.2. The molecule has 3 N–H and O–H groups in total. The highest BCUT2D eigenvalue weighted by atomic mass is 79.9.